The van der Waals surface area contributed by atoms with Crippen molar-refractivity contribution in [1.29, 1.82) is 0 Å². The number of halogens is 1. The van der Waals surface area contributed by atoms with Crippen LogP contribution in [-0.2, 0) is 26.2 Å². The molecule has 3 rings (SSSR count). The molecular weight excluding hydrogens is 522 g/mol. The van der Waals surface area contributed by atoms with Gasteiger partial charge in [0.2, 0.25) is 11.8 Å². The molecule has 0 heterocycles. The van der Waals surface area contributed by atoms with Crippen LogP contribution in [0.3, 0.4) is 0 Å². The second-order valence-corrected chi connectivity index (χ2v) is 11.6. The Kier molecular flexibility index (Phi) is 9.57. The lowest BCUT2D eigenvalue weighted by molar-refractivity contribution is -0.139. The number of benzene rings is 3. The van der Waals surface area contributed by atoms with Crippen molar-refractivity contribution in [3.8, 4) is 0 Å². The van der Waals surface area contributed by atoms with Gasteiger partial charge in [0.15, 0.2) is 0 Å². The van der Waals surface area contributed by atoms with Crippen LogP contribution in [0.15, 0.2) is 71.6 Å². The molecule has 202 valence electrons. The second-order valence-electron chi connectivity index (χ2n) is 9.30. The molecule has 2 amide bonds. The number of anilines is 1. The molecular formula is C29H34ClN3O4S. The number of amides is 2. The summed E-state index contributed by atoms with van der Waals surface area (Å²) in [4.78, 5) is 28.2. The van der Waals surface area contributed by atoms with Crippen LogP contribution in [-0.4, -0.2) is 44.3 Å². The van der Waals surface area contributed by atoms with Crippen LogP contribution < -0.4 is 9.62 Å². The van der Waals surface area contributed by atoms with Crippen molar-refractivity contribution < 1.29 is 18.0 Å². The molecule has 9 heteroatoms. The summed E-state index contributed by atoms with van der Waals surface area (Å²) in [6.07, 6.45) is 0. The highest BCUT2D eigenvalue weighted by Gasteiger charge is 2.33. The highest BCUT2D eigenvalue weighted by atomic mass is 35.5. The van der Waals surface area contributed by atoms with Gasteiger partial charge in [-0.1, -0.05) is 59.6 Å². The molecule has 0 radical (unpaired) electrons. The number of hydrogen-bond acceptors (Lipinski definition) is 4. The van der Waals surface area contributed by atoms with Crippen LogP contribution in [0.1, 0.15) is 36.1 Å². The van der Waals surface area contributed by atoms with E-state index in [9.17, 15) is 18.0 Å². The molecule has 0 unspecified atom stereocenters. The fourth-order valence-electron chi connectivity index (χ4n) is 4.05. The Labute approximate surface area is 230 Å². The molecule has 1 atom stereocenters. The van der Waals surface area contributed by atoms with Gasteiger partial charge in [0.25, 0.3) is 10.0 Å². The average Bonchev–Trinajstić information content (AvgIpc) is 2.88. The van der Waals surface area contributed by atoms with Crippen LogP contribution in [0.5, 0.6) is 0 Å². The van der Waals surface area contributed by atoms with Gasteiger partial charge in [-0.3, -0.25) is 13.9 Å². The van der Waals surface area contributed by atoms with E-state index in [1.54, 1.807) is 63.2 Å². The van der Waals surface area contributed by atoms with Crippen molar-refractivity contribution >= 4 is 39.1 Å². The van der Waals surface area contributed by atoms with E-state index in [-0.39, 0.29) is 17.3 Å². The van der Waals surface area contributed by atoms with Crippen LogP contribution in [0.4, 0.5) is 5.69 Å². The van der Waals surface area contributed by atoms with Gasteiger partial charge in [-0.25, -0.2) is 8.42 Å². The first-order valence-corrected chi connectivity index (χ1v) is 14.2. The molecule has 3 aromatic rings. The Morgan fingerprint density at radius 3 is 2.21 bits per heavy atom. The van der Waals surface area contributed by atoms with E-state index < -0.39 is 28.5 Å². The van der Waals surface area contributed by atoms with Crippen molar-refractivity contribution in [3.05, 3.63) is 94.0 Å². The van der Waals surface area contributed by atoms with E-state index >= 15 is 0 Å². The maximum atomic E-state index is 13.9. The standard InChI is InChI=1S/C29H34ClN3O4S/c1-6-31-29(35)23(5)32(18-24-9-7-8-10-26(24)30)28(34)19-33(27-17-21(3)11-14-22(27)4)38(36,37)25-15-12-20(2)13-16-25/h7-17,23H,6,18-19H2,1-5H3,(H,31,35)/t23-/m0/s1. The average molecular weight is 556 g/mol. The number of carbonyl (C=O) groups is 2. The summed E-state index contributed by atoms with van der Waals surface area (Å²) in [5.41, 5.74) is 3.53. The summed E-state index contributed by atoms with van der Waals surface area (Å²) in [6, 6.07) is 18.2. The van der Waals surface area contributed by atoms with Gasteiger partial charge in [-0.15, -0.1) is 0 Å². The summed E-state index contributed by atoms with van der Waals surface area (Å²) in [5.74, 6) is -0.868. The molecule has 7 nitrogen and oxygen atoms in total. The van der Waals surface area contributed by atoms with Gasteiger partial charge in [0, 0.05) is 18.1 Å². The first-order valence-electron chi connectivity index (χ1n) is 12.4. The fourth-order valence-corrected chi connectivity index (χ4v) is 5.72. The first-order chi connectivity index (χ1) is 17.9. The molecule has 0 spiro atoms. The van der Waals surface area contributed by atoms with Crippen molar-refractivity contribution in [3.63, 3.8) is 0 Å². The van der Waals surface area contributed by atoms with Crippen molar-refractivity contribution in [2.45, 2.75) is 52.1 Å². The van der Waals surface area contributed by atoms with Gasteiger partial charge < -0.3 is 10.2 Å². The largest absolute Gasteiger partial charge is 0.355 e. The van der Waals surface area contributed by atoms with E-state index in [0.717, 1.165) is 15.4 Å². The lowest BCUT2D eigenvalue weighted by Gasteiger charge is -2.32. The summed E-state index contributed by atoms with van der Waals surface area (Å²) < 4.78 is 29.0. The Morgan fingerprint density at radius 2 is 1.58 bits per heavy atom. The Bertz CT molecular complexity index is 1410. The number of nitrogens with zero attached hydrogens (tertiary/aromatic N) is 2. The van der Waals surface area contributed by atoms with Gasteiger partial charge in [-0.05, 0) is 75.6 Å². The Hall–Kier alpha value is -3.36. The molecule has 0 fully saturated rings. The molecule has 0 bridgehead atoms. The van der Waals surface area contributed by atoms with E-state index in [1.165, 1.54) is 17.0 Å². The van der Waals surface area contributed by atoms with E-state index in [1.807, 2.05) is 26.0 Å². The quantitative estimate of drug-likeness (QED) is 0.381. The van der Waals surface area contributed by atoms with Gasteiger partial charge in [-0.2, -0.15) is 0 Å². The summed E-state index contributed by atoms with van der Waals surface area (Å²) in [7, 11) is -4.12. The molecule has 38 heavy (non-hydrogen) atoms. The van der Waals surface area contributed by atoms with Crippen molar-refractivity contribution in [2.75, 3.05) is 17.4 Å². The highest BCUT2D eigenvalue weighted by molar-refractivity contribution is 7.92. The molecule has 0 aromatic heterocycles. The van der Waals surface area contributed by atoms with Crippen LogP contribution in [0.25, 0.3) is 0 Å². The SMILES string of the molecule is CCNC(=O)[C@H](C)N(Cc1ccccc1Cl)C(=O)CN(c1cc(C)ccc1C)S(=O)(=O)c1ccc(C)cc1. The minimum atomic E-state index is -4.12. The molecule has 0 aliphatic rings. The third kappa shape index (κ3) is 6.74. The Morgan fingerprint density at radius 1 is 0.947 bits per heavy atom. The lowest BCUT2D eigenvalue weighted by atomic mass is 10.1. The number of nitrogens with one attached hydrogen (secondary N) is 1. The van der Waals surface area contributed by atoms with Gasteiger partial charge in [0.1, 0.15) is 12.6 Å². The lowest BCUT2D eigenvalue weighted by Crippen LogP contribution is -2.51. The molecule has 0 aliphatic heterocycles. The number of likely N-dealkylation sites (N-methyl/N-ethyl adjacent to an activating group) is 1. The normalized spacial score (nSPS) is 12.1. The van der Waals surface area contributed by atoms with Crippen LogP contribution >= 0.6 is 11.6 Å². The Balaban J connectivity index is 2.09. The molecule has 0 saturated heterocycles. The van der Waals surface area contributed by atoms with Crippen LogP contribution in [0, 0.1) is 20.8 Å². The van der Waals surface area contributed by atoms with Crippen molar-refractivity contribution in [2.24, 2.45) is 0 Å². The number of aryl methyl sites for hydroxylation is 3. The summed E-state index contributed by atoms with van der Waals surface area (Å²) >= 11 is 6.38. The minimum absolute atomic E-state index is 0.0437. The summed E-state index contributed by atoms with van der Waals surface area (Å²) in [6.45, 7) is 8.90. The monoisotopic (exact) mass is 555 g/mol. The maximum Gasteiger partial charge on any atom is 0.264 e. The zero-order valence-corrected chi connectivity index (χ0v) is 23.9. The number of sulfonamides is 1. The van der Waals surface area contributed by atoms with E-state index in [4.69, 9.17) is 11.6 Å². The maximum absolute atomic E-state index is 13.9. The molecule has 3 aromatic carbocycles. The fraction of sp³-hybridized carbons (Fsp3) is 0.310. The predicted octanol–water partition coefficient (Wildman–Crippen LogP) is 5.01. The predicted molar refractivity (Wildman–Crippen MR) is 152 cm³/mol. The number of carbonyl (C=O) groups excluding carboxylic acids is 2. The molecule has 0 saturated carbocycles. The number of rotatable bonds is 10. The zero-order chi connectivity index (χ0) is 28.0. The van der Waals surface area contributed by atoms with Gasteiger partial charge >= 0.3 is 0 Å². The first kappa shape index (κ1) is 29.2. The third-order valence-electron chi connectivity index (χ3n) is 6.34. The topological polar surface area (TPSA) is 86.8 Å². The second kappa shape index (κ2) is 12.5. The highest BCUT2D eigenvalue weighted by Crippen LogP contribution is 2.29. The molecule has 0 aliphatic carbocycles. The van der Waals surface area contributed by atoms with E-state index in [2.05, 4.69) is 5.32 Å². The van der Waals surface area contributed by atoms with Crippen LogP contribution in [0.2, 0.25) is 5.02 Å². The molecule has 1 N–H and O–H groups in total. The van der Waals surface area contributed by atoms with Gasteiger partial charge in [0.05, 0.1) is 10.6 Å². The zero-order valence-electron chi connectivity index (χ0n) is 22.4. The minimum Gasteiger partial charge on any atom is -0.355 e. The summed E-state index contributed by atoms with van der Waals surface area (Å²) in [5, 5.41) is 3.20. The third-order valence-corrected chi connectivity index (χ3v) is 8.48. The smallest absolute Gasteiger partial charge is 0.264 e. The van der Waals surface area contributed by atoms with Crippen molar-refractivity contribution in [1.82, 2.24) is 10.2 Å². The number of hydrogen-bond donors (Lipinski definition) is 1. The van der Waals surface area contributed by atoms with E-state index in [0.29, 0.717) is 28.4 Å².